The van der Waals surface area contributed by atoms with Crippen LogP contribution in [0.5, 0.6) is 0 Å². The molecule has 0 saturated carbocycles. The molecule has 0 bridgehead atoms. The Morgan fingerprint density at radius 2 is 2.06 bits per heavy atom. The summed E-state index contributed by atoms with van der Waals surface area (Å²) in [7, 11) is 0. The summed E-state index contributed by atoms with van der Waals surface area (Å²) in [5.41, 5.74) is 0. The van der Waals surface area contributed by atoms with Gasteiger partial charge in [0, 0.05) is 0 Å². The molecule has 1 saturated heterocycles. The molecule has 1 aliphatic heterocycles. The van der Waals surface area contributed by atoms with Crippen LogP contribution >= 0.6 is 12.4 Å². The molecule has 1 aromatic rings. The molecule has 1 N–H and O–H groups in total. The van der Waals surface area contributed by atoms with Crippen LogP contribution in [-0.4, -0.2) is 22.9 Å². The number of nitrogens with zero attached hydrogens (tertiary/aromatic N) is 2. The van der Waals surface area contributed by atoms with Crippen molar-refractivity contribution in [1.29, 1.82) is 0 Å². The van der Waals surface area contributed by atoms with Gasteiger partial charge in [-0.3, -0.25) is 0 Å². The van der Waals surface area contributed by atoms with Crippen molar-refractivity contribution in [1.82, 2.24) is 15.5 Å². The fourth-order valence-electron chi connectivity index (χ4n) is 1.71. The van der Waals surface area contributed by atoms with Crippen molar-refractivity contribution >= 4 is 12.4 Å². The second-order valence-electron chi connectivity index (χ2n) is 3.83. The number of alkyl halides is 3. The maximum absolute atomic E-state index is 12.0. The number of nitrogens with one attached hydrogen (secondary N) is 1. The van der Waals surface area contributed by atoms with Crippen LogP contribution in [0.25, 0.3) is 0 Å². The van der Waals surface area contributed by atoms with Gasteiger partial charge in [-0.1, -0.05) is 6.42 Å². The molecule has 1 unspecified atom stereocenters. The quantitative estimate of drug-likeness (QED) is 0.897. The van der Waals surface area contributed by atoms with Gasteiger partial charge in [0.05, 0.1) is 6.04 Å². The van der Waals surface area contributed by atoms with Crippen molar-refractivity contribution in [3.05, 3.63) is 11.8 Å². The number of halogens is 4. The van der Waals surface area contributed by atoms with Crippen molar-refractivity contribution in [2.75, 3.05) is 6.54 Å². The van der Waals surface area contributed by atoms with Gasteiger partial charge in [-0.2, -0.15) is 13.2 Å². The van der Waals surface area contributed by atoms with Gasteiger partial charge in [-0.25, -0.2) is 0 Å². The van der Waals surface area contributed by atoms with E-state index in [0.717, 1.165) is 25.8 Å². The van der Waals surface area contributed by atoms with Gasteiger partial charge in [0.1, 0.15) is 6.42 Å². The van der Waals surface area contributed by atoms with E-state index in [0.29, 0.717) is 0 Å². The van der Waals surface area contributed by atoms with Gasteiger partial charge in [-0.15, -0.1) is 22.6 Å². The Balaban J connectivity index is 0.00000144. The van der Waals surface area contributed by atoms with Crippen LogP contribution in [-0.2, 0) is 6.42 Å². The van der Waals surface area contributed by atoms with Gasteiger partial charge >= 0.3 is 6.18 Å². The van der Waals surface area contributed by atoms with E-state index in [1.165, 1.54) is 0 Å². The van der Waals surface area contributed by atoms with Gasteiger partial charge < -0.3 is 9.73 Å². The molecule has 2 rings (SSSR count). The molecule has 8 heteroatoms. The molecular weight excluding hydrogens is 259 g/mol. The largest absolute Gasteiger partial charge is 0.423 e. The maximum Gasteiger partial charge on any atom is 0.397 e. The van der Waals surface area contributed by atoms with Crippen molar-refractivity contribution in [2.45, 2.75) is 37.9 Å². The predicted molar refractivity (Wildman–Crippen MR) is 55.9 cm³/mol. The summed E-state index contributed by atoms with van der Waals surface area (Å²) < 4.78 is 41.1. The maximum atomic E-state index is 12.0. The van der Waals surface area contributed by atoms with Crippen LogP contribution in [0, 0.1) is 0 Å². The Kier molecular flexibility index (Phi) is 4.76. The summed E-state index contributed by atoms with van der Waals surface area (Å²) in [6.45, 7) is 0.835. The zero-order chi connectivity index (χ0) is 11.6. The standard InChI is InChI=1S/C9H12F3N3O.ClH/c10-9(11,12)5-7-14-15-8(16-7)6-3-1-2-4-13-6;/h6,13H,1-5H2;1H. The number of aromatic nitrogens is 2. The average molecular weight is 272 g/mol. The van der Waals surface area contributed by atoms with Crippen LogP contribution < -0.4 is 5.32 Å². The smallest absolute Gasteiger partial charge is 0.397 e. The lowest BCUT2D eigenvalue weighted by atomic mass is 10.1. The van der Waals surface area contributed by atoms with Gasteiger partial charge in [0.25, 0.3) is 0 Å². The monoisotopic (exact) mass is 271 g/mol. The molecule has 0 aliphatic carbocycles. The van der Waals surface area contributed by atoms with Crippen LogP contribution in [0.15, 0.2) is 4.42 Å². The topological polar surface area (TPSA) is 51.0 Å². The molecule has 2 heterocycles. The first-order valence-corrected chi connectivity index (χ1v) is 5.17. The van der Waals surface area contributed by atoms with Crippen LogP contribution in [0.1, 0.15) is 37.1 Å². The second-order valence-corrected chi connectivity index (χ2v) is 3.83. The minimum Gasteiger partial charge on any atom is -0.423 e. The fraction of sp³-hybridized carbons (Fsp3) is 0.778. The Labute approximate surface area is 102 Å². The molecule has 1 aliphatic rings. The number of hydrogen-bond acceptors (Lipinski definition) is 4. The highest BCUT2D eigenvalue weighted by Crippen LogP contribution is 2.24. The number of rotatable bonds is 2. The summed E-state index contributed by atoms with van der Waals surface area (Å²) >= 11 is 0. The second kappa shape index (κ2) is 5.68. The van der Waals surface area contributed by atoms with Crippen LogP contribution in [0.3, 0.4) is 0 Å². The lowest BCUT2D eigenvalue weighted by molar-refractivity contribution is -0.131. The molecule has 1 aromatic heterocycles. The lowest BCUT2D eigenvalue weighted by Gasteiger charge is -2.19. The number of hydrogen-bond donors (Lipinski definition) is 1. The highest BCUT2D eigenvalue weighted by Gasteiger charge is 2.31. The minimum atomic E-state index is -4.30. The third kappa shape index (κ3) is 4.16. The molecule has 0 radical (unpaired) electrons. The van der Waals surface area contributed by atoms with Crippen molar-refractivity contribution in [3.63, 3.8) is 0 Å². The van der Waals surface area contributed by atoms with E-state index in [1.54, 1.807) is 0 Å². The third-order valence-electron chi connectivity index (χ3n) is 2.44. The molecule has 4 nitrogen and oxygen atoms in total. The zero-order valence-corrected chi connectivity index (χ0v) is 9.77. The van der Waals surface area contributed by atoms with Gasteiger partial charge in [0.15, 0.2) is 0 Å². The highest BCUT2D eigenvalue weighted by molar-refractivity contribution is 5.85. The molecule has 0 amide bonds. The van der Waals surface area contributed by atoms with E-state index in [2.05, 4.69) is 15.5 Å². The van der Waals surface area contributed by atoms with E-state index >= 15 is 0 Å². The van der Waals surface area contributed by atoms with Gasteiger partial charge in [-0.05, 0) is 19.4 Å². The Morgan fingerprint density at radius 3 is 2.65 bits per heavy atom. The van der Waals surface area contributed by atoms with E-state index in [9.17, 15) is 13.2 Å². The Hall–Kier alpha value is -0.820. The van der Waals surface area contributed by atoms with Crippen LogP contribution in [0.4, 0.5) is 13.2 Å². The van der Waals surface area contributed by atoms with E-state index in [4.69, 9.17) is 4.42 Å². The molecule has 1 fully saturated rings. The predicted octanol–water partition coefficient (Wildman–Crippen LogP) is 2.41. The van der Waals surface area contributed by atoms with E-state index < -0.39 is 12.6 Å². The summed E-state index contributed by atoms with van der Waals surface area (Å²) in [5.74, 6) is -0.103. The van der Waals surface area contributed by atoms with Crippen molar-refractivity contribution in [3.8, 4) is 0 Å². The summed E-state index contributed by atoms with van der Waals surface area (Å²) in [6.07, 6.45) is -2.54. The van der Waals surface area contributed by atoms with Crippen molar-refractivity contribution < 1.29 is 17.6 Å². The molecular formula is C9H13ClF3N3O. The number of piperidine rings is 1. The Morgan fingerprint density at radius 1 is 1.29 bits per heavy atom. The molecule has 1 atom stereocenters. The SMILES string of the molecule is Cl.FC(F)(F)Cc1nnc(C2CCCCN2)o1. The van der Waals surface area contributed by atoms with E-state index in [1.807, 2.05) is 0 Å². The molecule has 0 aromatic carbocycles. The molecule has 98 valence electrons. The molecule has 17 heavy (non-hydrogen) atoms. The fourth-order valence-corrected chi connectivity index (χ4v) is 1.71. The Bertz CT molecular complexity index is 350. The first-order valence-electron chi connectivity index (χ1n) is 5.17. The highest BCUT2D eigenvalue weighted by atomic mass is 35.5. The summed E-state index contributed by atoms with van der Waals surface area (Å²) in [6, 6.07) is -0.0942. The molecule has 0 spiro atoms. The zero-order valence-electron chi connectivity index (χ0n) is 8.96. The summed E-state index contributed by atoms with van der Waals surface area (Å²) in [5, 5.41) is 10.2. The lowest BCUT2D eigenvalue weighted by Crippen LogP contribution is -2.26. The van der Waals surface area contributed by atoms with E-state index in [-0.39, 0.29) is 30.2 Å². The van der Waals surface area contributed by atoms with Crippen LogP contribution in [0.2, 0.25) is 0 Å². The van der Waals surface area contributed by atoms with Crippen molar-refractivity contribution in [2.24, 2.45) is 0 Å². The first-order chi connectivity index (χ1) is 7.54. The summed E-state index contributed by atoms with van der Waals surface area (Å²) in [4.78, 5) is 0. The first kappa shape index (κ1) is 14.2. The normalized spacial score (nSPS) is 21.0. The third-order valence-corrected chi connectivity index (χ3v) is 2.44. The average Bonchev–Trinajstić information content (AvgIpc) is 2.65. The minimum absolute atomic E-state index is 0. The van der Waals surface area contributed by atoms with Gasteiger partial charge in [0.2, 0.25) is 11.8 Å².